The van der Waals surface area contributed by atoms with Crippen LogP contribution in [0.5, 0.6) is 0 Å². The van der Waals surface area contributed by atoms with Crippen molar-refractivity contribution in [1.82, 2.24) is 20.2 Å². The highest BCUT2D eigenvalue weighted by Gasteiger charge is 2.08. The van der Waals surface area contributed by atoms with E-state index in [4.69, 9.17) is 0 Å². The van der Waals surface area contributed by atoms with Gasteiger partial charge in [-0.25, -0.2) is 9.97 Å². The summed E-state index contributed by atoms with van der Waals surface area (Å²) in [6.45, 7) is 6.42. The van der Waals surface area contributed by atoms with Crippen LogP contribution >= 0.6 is 22.6 Å². The molecule has 1 aliphatic heterocycles. The molecule has 1 saturated heterocycles. The second kappa shape index (κ2) is 6.31. The Bertz CT molecular complexity index is 309. The Morgan fingerprint density at radius 2 is 2.00 bits per heavy atom. The molecule has 2 N–H and O–H groups in total. The minimum absolute atomic E-state index is 0.718. The predicted molar refractivity (Wildman–Crippen MR) is 72.5 cm³/mol. The van der Waals surface area contributed by atoms with Gasteiger partial charge in [0, 0.05) is 55.2 Å². The summed E-state index contributed by atoms with van der Waals surface area (Å²) < 4.78 is 1.06. The maximum absolute atomic E-state index is 4.20. The summed E-state index contributed by atoms with van der Waals surface area (Å²) in [7, 11) is 0. The van der Waals surface area contributed by atoms with Crippen molar-refractivity contribution in [3.05, 3.63) is 16.0 Å². The lowest BCUT2D eigenvalue weighted by Gasteiger charge is -2.27. The Kier molecular flexibility index (Phi) is 4.73. The second-order valence-electron chi connectivity index (χ2n) is 3.74. The first-order chi connectivity index (χ1) is 7.84. The van der Waals surface area contributed by atoms with Gasteiger partial charge in [0.2, 0.25) is 5.95 Å². The minimum atomic E-state index is 0.718. The molecule has 0 atom stereocenters. The van der Waals surface area contributed by atoms with Crippen LogP contribution in [0, 0.1) is 3.57 Å². The van der Waals surface area contributed by atoms with E-state index in [0.717, 1.165) is 48.8 Å². The summed E-state index contributed by atoms with van der Waals surface area (Å²) in [6.07, 6.45) is 3.64. The molecule has 0 spiro atoms. The SMILES string of the molecule is Ic1cnc(NCCN2CCNCC2)nc1. The van der Waals surface area contributed by atoms with Crippen molar-refractivity contribution in [2.75, 3.05) is 44.6 Å². The molecule has 1 aromatic heterocycles. The Balaban J connectivity index is 1.69. The van der Waals surface area contributed by atoms with Gasteiger partial charge in [0.05, 0.1) is 0 Å². The molecule has 1 fully saturated rings. The highest BCUT2D eigenvalue weighted by molar-refractivity contribution is 14.1. The molecule has 88 valence electrons. The van der Waals surface area contributed by atoms with Gasteiger partial charge in [-0.05, 0) is 22.6 Å². The van der Waals surface area contributed by atoms with Crippen molar-refractivity contribution in [1.29, 1.82) is 0 Å². The Morgan fingerprint density at radius 3 is 2.69 bits per heavy atom. The van der Waals surface area contributed by atoms with Crippen LogP contribution in [0.4, 0.5) is 5.95 Å². The lowest BCUT2D eigenvalue weighted by atomic mass is 10.3. The fourth-order valence-electron chi connectivity index (χ4n) is 1.66. The van der Waals surface area contributed by atoms with E-state index < -0.39 is 0 Å². The van der Waals surface area contributed by atoms with Crippen LogP contribution in [0.1, 0.15) is 0 Å². The zero-order valence-electron chi connectivity index (χ0n) is 9.12. The Hall–Kier alpha value is -0.470. The first-order valence-electron chi connectivity index (χ1n) is 5.49. The van der Waals surface area contributed by atoms with E-state index in [0.29, 0.717) is 0 Å². The number of nitrogens with one attached hydrogen (secondary N) is 2. The topological polar surface area (TPSA) is 53.1 Å². The maximum atomic E-state index is 4.20. The van der Waals surface area contributed by atoms with Gasteiger partial charge in [-0.3, -0.25) is 4.90 Å². The lowest BCUT2D eigenvalue weighted by molar-refractivity contribution is 0.249. The zero-order chi connectivity index (χ0) is 11.2. The molecule has 0 radical (unpaired) electrons. The number of halogens is 1. The van der Waals surface area contributed by atoms with E-state index in [1.807, 2.05) is 12.4 Å². The predicted octanol–water partition coefficient (Wildman–Crippen LogP) is 0.398. The maximum Gasteiger partial charge on any atom is 0.222 e. The third-order valence-electron chi connectivity index (χ3n) is 2.54. The standard InChI is InChI=1S/C10H16IN5/c11-9-7-14-10(15-8-9)13-3-6-16-4-1-12-2-5-16/h7-8,12H,1-6H2,(H,13,14,15). The second-order valence-corrected chi connectivity index (χ2v) is 4.99. The van der Waals surface area contributed by atoms with Crippen molar-refractivity contribution < 1.29 is 0 Å². The average Bonchev–Trinajstić information content (AvgIpc) is 2.33. The quantitative estimate of drug-likeness (QED) is 0.782. The van der Waals surface area contributed by atoms with Crippen LogP contribution < -0.4 is 10.6 Å². The summed E-state index contributed by atoms with van der Waals surface area (Å²) in [5.41, 5.74) is 0. The summed E-state index contributed by atoms with van der Waals surface area (Å²) in [4.78, 5) is 10.8. The van der Waals surface area contributed by atoms with Crippen LogP contribution in [0.2, 0.25) is 0 Å². The summed E-state index contributed by atoms with van der Waals surface area (Å²) in [5.74, 6) is 0.718. The van der Waals surface area contributed by atoms with Gasteiger partial charge in [0.15, 0.2) is 0 Å². The van der Waals surface area contributed by atoms with Gasteiger partial charge in [-0.15, -0.1) is 0 Å². The smallest absolute Gasteiger partial charge is 0.222 e. The van der Waals surface area contributed by atoms with Gasteiger partial charge in [-0.2, -0.15) is 0 Å². The number of anilines is 1. The van der Waals surface area contributed by atoms with Gasteiger partial charge < -0.3 is 10.6 Å². The molecule has 5 nitrogen and oxygen atoms in total. The molecule has 2 rings (SSSR count). The first kappa shape index (κ1) is 12.0. The van der Waals surface area contributed by atoms with Crippen LogP contribution in [0.25, 0.3) is 0 Å². The molecular formula is C10H16IN5. The number of hydrogen-bond donors (Lipinski definition) is 2. The molecule has 6 heteroatoms. The first-order valence-corrected chi connectivity index (χ1v) is 6.57. The normalized spacial score (nSPS) is 17.3. The molecule has 1 aliphatic rings. The molecule has 0 bridgehead atoms. The number of nitrogens with zero attached hydrogens (tertiary/aromatic N) is 3. The van der Waals surface area contributed by atoms with E-state index in [-0.39, 0.29) is 0 Å². The number of rotatable bonds is 4. The van der Waals surface area contributed by atoms with Crippen LogP contribution in [0.3, 0.4) is 0 Å². The van der Waals surface area contributed by atoms with E-state index in [2.05, 4.69) is 48.1 Å². The molecular weight excluding hydrogens is 317 g/mol. The van der Waals surface area contributed by atoms with Crippen molar-refractivity contribution >= 4 is 28.5 Å². The number of aromatic nitrogens is 2. The highest BCUT2D eigenvalue weighted by atomic mass is 127. The van der Waals surface area contributed by atoms with Crippen LogP contribution in [-0.2, 0) is 0 Å². The lowest BCUT2D eigenvalue weighted by Crippen LogP contribution is -2.45. The summed E-state index contributed by atoms with van der Waals surface area (Å²) in [5, 5.41) is 6.57. The molecule has 2 heterocycles. The van der Waals surface area contributed by atoms with Gasteiger partial charge in [0.1, 0.15) is 0 Å². The molecule has 0 aromatic carbocycles. The Morgan fingerprint density at radius 1 is 1.31 bits per heavy atom. The third kappa shape index (κ3) is 3.84. The van der Waals surface area contributed by atoms with Crippen LogP contribution in [0.15, 0.2) is 12.4 Å². The molecule has 0 amide bonds. The van der Waals surface area contributed by atoms with Gasteiger partial charge in [0.25, 0.3) is 0 Å². The summed E-state index contributed by atoms with van der Waals surface area (Å²) in [6, 6.07) is 0. The fraction of sp³-hybridized carbons (Fsp3) is 0.600. The molecule has 0 unspecified atom stereocenters. The van der Waals surface area contributed by atoms with Gasteiger partial charge in [-0.1, -0.05) is 0 Å². The van der Waals surface area contributed by atoms with Gasteiger partial charge >= 0.3 is 0 Å². The molecule has 0 aliphatic carbocycles. The van der Waals surface area contributed by atoms with Crippen molar-refractivity contribution in [2.24, 2.45) is 0 Å². The van der Waals surface area contributed by atoms with E-state index in [1.165, 1.54) is 0 Å². The Labute approximate surface area is 109 Å². The monoisotopic (exact) mass is 333 g/mol. The van der Waals surface area contributed by atoms with E-state index in [9.17, 15) is 0 Å². The van der Waals surface area contributed by atoms with E-state index in [1.54, 1.807) is 0 Å². The van der Waals surface area contributed by atoms with Crippen LogP contribution in [-0.4, -0.2) is 54.1 Å². The average molecular weight is 333 g/mol. The molecule has 1 aromatic rings. The third-order valence-corrected chi connectivity index (χ3v) is 3.10. The fourth-order valence-corrected chi connectivity index (χ4v) is 1.94. The van der Waals surface area contributed by atoms with Crippen molar-refractivity contribution in [3.8, 4) is 0 Å². The minimum Gasteiger partial charge on any atom is -0.353 e. The molecule has 0 saturated carbocycles. The number of piperazine rings is 1. The van der Waals surface area contributed by atoms with E-state index >= 15 is 0 Å². The summed E-state index contributed by atoms with van der Waals surface area (Å²) >= 11 is 2.20. The zero-order valence-corrected chi connectivity index (χ0v) is 11.3. The van der Waals surface area contributed by atoms with Crippen molar-refractivity contribution in [2.45, 2.75) is 0 Å². The number of hydrogen-bond acceptors (Lipinski definition) is 5. The highest BCUT2D eigenvalue weighted by Crippen LogP contribution is 2.02. The largest absolute Gasteiger partial charge is 0.353 e. The molecule has 16 heavy (non-hydrogen) atoms. The van der Waals surface area contributed by atoms with Crippen molar-refractivity contribution in [3.63, 3.8) is 0 Å².